The molecule has 0 saturated carbocycles. The summed E-state index contributed by atoms with van der Waals surface area (Å²) in [4.78, 5) is 10.2. The van der Waals surface area contributed by atoms with Crippen molar-refractivity contribution in [2.75, 3.05) is 0 Å². The summed E-state index contributed by atoms with van der Waals surface area (Å²) in [5, 5.41) is 12.0. The van der Waals surface area contributed by atoms with Crippen LogP contribution in [-0.2, 0) is 10.8 Å². The number of aromatic nitrogens is 3. The third-order valence-electron chi connectivity index (χ3n) is 9.37. The van der Waals surface area contributed by atoms with E-state index in [1.807, 2.05) is 12.3 Å². The Balaban J connectivity index is 1.43. The molecular weight excluding hydrogens is 587 g/mol. The second-order valence-electron chi connectivity index (χ2n) is 14.9. The molecule has 6 aromatic rings. The number of hydrogen-bond donors (Lipinski definition) is 1. The van der Waals surface area contributed by atoms with Gasteiger partial charge in [-0.15, -0.1) is 0 Å². The Bertz CT molecular complexity index is 2190. The molecule has 0 spiro atoms. The van der Waals surface area contributed by atoms with E-state index in [1.165, 1.54) is 11.1 Å². The summed E-state index contributed by atoms with van der Waals surface area (Å²) >= 11 is 0. The maximum Gasteiger partial charge on any atom is 0.145 e. The first-order valence-corrected chi connectivity index (χ1v) is 16.8. The highest BCUT2D eigenvalue weighted by Gasteiger charge is 2.29. The maximum absolute atomic E-state index is 12.0. The smallest absolute Gasteiger partial charge is 0.145 e. The van der Waals surface area contributed by atoms with Gasteiger partial charge in [0.05, 0.1) is 28.3 Å². The Kier molecular flexibility index (Phi) is 7.91. The third-order valence-corrected chi connectivity index (χ3v) is 9.37. The van der Waals surface area contributed by atoms with Gasteiger partial charge in [0.25, 0.3) is 0 Å². The normalized spacial score (nSPS) is 14.9. The number of para-hydroxylation sites is 1. The fourth-order valence-electron chi connectivity index (χ4n) is 6.69. The number of allylic oxidation sites excluding steroid dienone is 4. The van der Waals surface area contributed by atoms with E-state index >= 15 is 0 Å². The summed E-state index contributed by atoms with van der Waals surface area (Å²) in [6.07, 6.45) is 11.4. The topological polar surface area (TPSA) is 50.9 Å². The van der Waals surface area contributed by atoms with Crippen molar-refractivity contribution in [3.8, 4) is 50.6 Å². The fraction of sp³-hybridized carbons (Fsp3) is 0.227. The van der Waals surface area contributed by atoms with Crippen LogP contribution in [0.5, 0.6) is 5.75 Å². The Hall–Kier alpha value is -5.22. The summed E-state index contributed by atoms with van der Waals surface area (Å²) in [7, 11) is 0. The van der Waals surface area contributed by atoms with Gasteiger partial charge in [-0.05, 0) is 69.8 Å². The number of fused-ring (bicyclic) bond motifs is 1. The van der Waals surface area contributed by atoms with Crippen LogP contribution in [0.3, 0.4) is 0 Å². The number of imidazole rings is 1. The molecule has 0 amide bonds. The first-order chi connectivity index (χ1) is 23.0. The zero-order valence-electron chi connectivity index (χ0n) is 28.7. The summed E-state index contributed by atoms with van der Waals surface area (Å²) in [5.41, 5.74) is 10.9. The predicted octanol–water partition coefficient (Wildman–Crippen LogP) is 11.5. The average Bonchev–Trinajstić information content (AvgIpc) is 3.48. The molecule has 240 valence electrons. The van der Waals surface area contributed by atoms with E-state index in [2.05, 4.69) is 161 Å². The van der Waals surface area contributed by atoms with E-state index in [1.54, 1.807) is 0 Å². The van der Waals surface area contributed by atoms with Crippen LogP contribution in [0, 0.1) is 0 Å². The van der Waals surface area contributed by atoms with Crippen LogP contribution < -0.4 is 0 Å². The standard InChI is InChI=1S/C44H43N3O/c1-43(2,3)33-27-36(41(48)37(28-33)44(4,5)6)42-46-40-35(21-14-22-39(40)47(42)34-19-11-8-12-20-34)31-17-13-18-32(25-31)38-26-30(23-24-45-38)29-15-9-7-10-16-29/h7-19,21-28,34,48H,20H2,1-6H3. The lowest BCUT2D eigenvalue weighted by atomic mass is 9.79. The van der Waals surface area contributed by atoms with Gasteiger partial charge in [0.2, 0.25) is 0 Å². The SMILES string of the molecule is CC(C)(C)c1cc(-c2nc3c(-c4cccc(-c5cc(-c6ccccc6)ccn5)c4)cccc3n2C2C=CC=CC2)c(O)c(C(C)(C)C)c1. The van der Waals surface area contributed by atoms with E-state index < -0.39 is 0 Å². The molecule has 0 radical (unpaired) electrons. The summed E-state index contributed by atoms with van der Waals surface area (Å²) < 4.78 is 2.32. The highest BCUT2D eigenvalue weighted by molar-refractivity contribution is 5.96. The van der Waals surface area contributed by atoms with E-state index in [9.17, 15) is 5.11 Å². The van der Waals surface area contributed by atoms with Crippen molar-refractivity contribution in [3.05, 3.63) is 139 Å². The summed E-state index contributed by atoms with van der Waals surface area (Å²) in [6, 6.07) is 34.0. The molecule has 2 aromatic heterocycles. The van der Waals surface area contributed by atoms with Crippen molar-refractivity contribution in [1.82, 2.24) is 14.5 Å². The van der Waals surface area contributed by atoms with Crippen LogP contribution in [0.2, 0.25) is 0 Å². The molecule has 0 bridgehead atoms. The number of phenols is 1. The van der Waals surface area contributed by atoms with Crippen LogP contribution in [0.25, 0.3) is 55.9 Å². The average molecular weight is 630 g/mol. The molecule has 1 N–H and O–H groups in total. The molecule has 1 aliphatic carbocycles. The van der Waals surface area contributed by atoms with Crippen LogP contribution in [0.1, 0.15) is 65.1 Å². The number of phenolic OH excluding ortho intramolecular Hbond substituents is 1. The Morgan fingerprint density at radius 2 is 1.44 bits per heavy atom. The molecule has 0 fully saturated rings. The molecule has 1 atom stereocenters. The minimum absolute atomic E-state index is 0.0669. The molecule has 0 saturated heterocycles. The van der Waals surface area contributed by atoms with E-state index in [0.29, 0.717) is 5.75 Å². The van der Waals surface area contributed by atoms with Gasteiger partial charge in [-0.25, -0.2) is 4.98 Å². The van der Waals surface area contributed by atoms with Gasteiger partial charge >= 0.3 is 0 Å². The molecule has 4 heteroatoms. The van der Waals surface area contributed by atoms with Crippen molar-refractivity contribution in [2.24, 2.45) is 0 Å². The van der Waals surface area contributed by atoms with Crippen LogP contribution in [0.4, 0.5) is 0 Å². The van der Waals surface area contributed by atoms with Crippen molar-refractivity contribution in [1.29, 1.82) is 0 Å². The molecule has 2 heterocycles. The minimum atomic E-state index is -0.248. The second-order valence-corrected chi connectivity index (χ2v) is 14.9. The largest absolute Gasteiger partial charge is 0.507 e. The molecule has 7 rings (SSSR count). The first kappa shape index (κ1) is 31.4. The maximum atomic E-state index is 12.0. The molecule has 0 aliphatic heterocycles. The summed E-state index contributed by atoms with van der Waals surface area (Å²) in [5.74, 6) is 1.08. The quantitative estimate of drug-likeness (QED) is 0.206. The minimum Gasteiger partial charge on any atom is -0.507 e. The van der Waals surface area contributed by atoms with E-state index in [0.717, 1.165) is 62.4 Å². The van der Waals surface area contributed by atoms with Crippen molar-refractivity contribution in [2.45, 2.75) is 64.8 Å². The Morgan fingerprint density at radius 3 is 2.17 bits per heavy atom. The Morgan fingerprint density at radius 1 is 0.688 bits per heavy atom. The highest BCUT2D eigenvalue weighted by atomic mass is 16.3. The molecule has 1 aliphatic rings. The monoisotopic (exact) mass is 629 g/mol. The Labute approximate surface area is 284 Å². The molecule has 4 nitrogen and oxygen atoms in total. The van der Waals surface area contributed by atoms with Gasteiger partial charge in [0, 0.05) is 22.9 Å². The van der Waals surface area contributed by atoms with Crippen LogP contribution in [0.15, 0.2) is 128 Å². The molecular formula is C44H43N3O. The molecule has 1 unspecified atom stereocenters. The van der Waals surface area contributed by atoms with Crippen molar-refractivity contribution < 1.29 is 5.11 Å². The lowest BCUT2D eigenvalue weighted by molar-refractivity contribution is 0.445. The lowest BCUT2D eigenvalue weighted by Crippen LogP contribution is -2.17. The third kappa shape index (κ3) is 5.88. The van der Waals surface area contributed by atoms with Crippen LogP contribution >= 0.6 is 0 Å². The number of pyridine rings is 1. The first-order valence-electron chi connectivity index (χ1n) is 16.8. The van der Waals surface area contributed by atoms with Gasteiger partial charge in [-0.3, -0.25) is 4.98 Å². The van der Waals surface area contributed by atoms with Gasteiger partial charge in [0.15, 0.2) is 0 Å². The van der Waals surface area contributed by atoms with Gasteiger partial charge in [0.1, 0.15) is 11.6 Å². The summed E-state index contributed by atoms with van der Waals surface area (Å²) in [6.45, 7) is 13.1. The predicted molar refractivity (Wildman–Crippen MR) is 200 cm³/mol. The van der Waals surface area contributed by atoms with E-state index in [4.69, 9.17) is 9.97 Å². The second kappa shape index (κ2) is 12.1. The zero-order chi connectivity index (χ0) is 33.6. The van der Waals surface area contributed by atoms with Gasteiger partial charge < -0.3 is 9.67 Å². The highest BCUT2D eigenvalue weighted by Crippen LogP contribution is 2.45. The van der Waals surface area contributed by atoms with Gasteiger partial charge in [-0.2, -0.15) is 0 Å². The van der Waals surface area contributed by atoms with E-state index in [-0.39, 0.29) is 16.9 Å². The molecule has 48 heavy (non-hydrogen) atoms. The van der Waals surface area contributed by atoms with Crippen molar-refractivity contribution in [3.63, 3.8) is 0 Å². The van der Waals surface area contributed by atoms with Crippen molar-refractivity contribution >= 4 is 11.0 Å². The number of rotatable bonds is 5. The number of benzene rings is 4. The number of aromatic hydroxyl groups is 1. The van der Waals surface area contributed by atoms with Gasteiger partial charge in [-0.1, -0.05) is 133 Å². The zero-order valence-corrected chi connectivity index (χ0v) is 28.7. The lowest BCUT2D eigenvalue weighted by Gasteiger charge is -2.28. The number of hydrogen-bond acceptors (Lipinski definition) is 3. The molecule has 4 aromatic carbocycles. The number of nitrogens with zero attached hydrogens (tertiary/aromatic N) is 3. The fourth-order valence-corrected chi connectivity index (χ4v) is 6.69. The van der Waals surface area contributed by atoms with Crippen LogP contribution in [-0.4, -0.2) is 19.6 Å².